The molecule has 0 saturated carbocycles. The topological polar surface area (TPSA) is 106 Å². The summed E-state index contributed by atoms with van der Waals surface area (Å²) in [5.74, 6) is 0.364. The largest absolute Gasteiger partial charge is 0.507 e. The van der Waals surface area contributed by atoms with Crippen LogP contribution in [0.15, 0.2) is 50.1 Å². The highest BCUT2D eigenvalue weighted by molar-refractivity contribution is 6.29. The number of allylic oxidation sites excluding steroid dienone is 2. The molecule has 0 aliphatic carbocycles. The molecular formula is C19H21ClN6O3. The van der Waals surface area contributed by atoms with Gasteiger partial charge in [0.15, 0.2) is 11.2 Å². The maximum absolute atomic E-state index is 12.7. The van der Waals surface area contributed by atoms with E-state index in [-0.39, 0.29) is 29.4 Å². The molecule has 0 amide bonds. The number of fused-ring (bicyclic) bond motifs is 1. The van der Waals surface area contributed by atoms with Crippen LogP contribution in [0, 0.1) is 0 Å². The summed E-state index contributed by atoms with van der Waals surface area (Å²) in [5.41, 5.74) is 3.46. The number of phenolic OH excluding ortho intramolecular Hbond substituents is 1. The Balaban J connectivity index is 2.16. The van der Waals surface area contributed by atoms with Gasteiger partial charge in [-0.2, -0.15) is 10.1 Å². The van der Waals surface area contributed by atoms with Crippen LogP contribution >= 0.6 is 11.6 Å². The molecule has 0 atom stereocenters. The molecule has 2 N–H and O–H groups in total. The number of benzene rings is 1. The van der Waals surface area contributed by atoms with E-state index in [1.165, 1.54) is 11.6 Å². The highest BCUT2D eigenvalue weighted by Crippen LogP contribution is 2.19. The summed E-state index contributed by atoms with van der Waals surface area (Å²) < 4.78 is 3.93. The number of aromatic nitrogens is 4. The SMILES string of the molecule is C/C(=N/Nc1nc2c(c(=O)n(C)c(=O)n2C)n1C/C=C(\C)Cl)c1ccccc1O. The van der Waals surface area contributed by atoms with Crippen molar-refractivity contribution in [1.82, 2.24) is 18.7 Å². The van der Waals surface area contributed by atoms with Gasteiger partial charge in [-0.3, -0.25) is 18.5 Å². The minimum absolute atomic E-state index is 0.0982. The molecule has 2 aromatic heterocycles. The molecule has 1 aromatic carbocycles. The van der Waals surface area contributed by atoms with Crippen molar-refractivity contribution in [3.05, 3.63) is 61.8 Å². The highest BCUT2D eigenvalue weighted by Gasteiger charge is 2.18. The van der Waals surface area contributed by atoms with Gasteiger partial charge in [0.05, 0.1) is 5.71 Å². The van der Waals surface area contributed by atoms with Crippen LogP contribution in [0.5, 0.6) is 5.75 Å². The van der Waals surface area contributed by atoms with Gasteiger partial charge in [-0.15, -0.1) is 0 Å². The summed E-state index contributed by atoms with van der Waals surface area (Å²) in [4.78, 5) is 29.4. The summed E-state index contributed by atoms with van der Waals surface area (Å²) in [6, 6.07) is 6.81. The Morgan fingerprint density at radius 1 is 1.24 bits per heavy atom. The van der Waals surface area contributed by atoms with Crippen LogP contribution in [-0.2, 0) is 20.6 Å². The van der Waals surface area contributed by atoms with Crippen molar-refractivity contribution in [2.24, 2.45) is 19.2 Å². The number of hydrazone groups is 1. The summed E-state index contributed by atoms with van der Waals surface area (Å²) in [5, 5.41) is 14.8. The van der Waals surface area contributed by atoms with Crippen molar-refractivity contribution in [3.63, 3.8) is 0 Å². The van der Waals surface area contributed by atoms with Gasteiger partial charge in [0.2, 0.25) is 5.95 Å². The monoisotopic (exact) mass is 416 g/mol. The molecule has 3 rings (SSSR count). The third-order valence-corrected chi connectivity index (χ3v) is 4.67. The van der Waals surface area contributed by atoms with Crippen molar-refractivity contribution in [3.8, 4) is 5.75 Å². The van der Waals surface area contributed by atoms with Crippen molar-refractivity contribution in [1.29, 1.82) is 0 Å². The molecular weight excluding hydrogens is 396 g/mol. The van der Waals surface area contributed by atoms with Crippen LogP contribution in [0.2, 0.25) is 0 Å². The molecule has 0 spiro atoms. The van der Waals surface area contributed by atoms with Gasteiger partial charge in [0.25, 0.3) is 5.56 Å². The fourth-order valence-electron chi connectivity index (χ4n) is 2.90. The second-order valence-corrected chi connectivity index (χ2v) is 7.14. The Hall–Kier alpha value is -3.33. The molecule has 0 bridgehead atoms. The number of hydrogen-bond donors (Lipinski definition) is 2. The van der Waals surface area contributed by atoms with Crippen LogP contribution in [0.25, 0.3) is 11.2 Å². The summed E-state index contributed by atoms with van der Waals surface area (Å²) in [6.07, 6.45) is 1.72. The third-order valence-electron chi connectivity index (χ3n) is 4.52. The molecule has 0 fully saturated rings. The normalized spacial score (nSPS) is 12.6. The number of aryl methyl sites for hydroxylation is 1. The first-order chi connectivity index (χ1) is 13.7. The Morgan fingerprint density at radius 3 is 2.59 bits per heavy atom. The van der Waals surface area contributed by atoms with Gasteiger partial charge in [-0.05, 0) is 26.0 Å². The van der Waals surface area contributed by atoms with Crippen molar-refractivity contribution in [2.75, 3.05) is 5.43 Å². The number of nitrogens with one attached hydrogen (secondary N) is 1. The number of imidazole rings is 1. The average Bonchev–Trinajstić information content (AvgIpc) is 3.06. The standard InChI is InChI=1S/C19H21ClN6O3/c1-11(20)9-10-26-15-16(24(3)19(29)25(4)17(15)28)21-18(26)23-22-12(2)13-7-5-6-8-14(13)27/h5-9,27H,10H2,1-4H3,(H,21,23)/b11-9+,22-12-. The lowest BCUT2D eigenvalue weighted by Gasteiger charge is -2.08. The molecule has 0 saturated heterocycles. The molecule has 29 heavy (non-hydrogen) atoms. The van der Waals surface area contributed by atoms with Crippen molar-refractivity contribution in [2.45, 2.75) is 20.4 Å². The molecule has 0 aliphatic heterocycles. The number of halogens is 1. The second-order valence-electron chi connectivity index (χ2n) is 6.54. The third kappa shape index (κ3) is 3.81. The second kappa shape index (κ2) is 7.96. The Morgan fingerprint density at radius 2 is 1.93 bits per heavy atom. The van der Waals surface area contributed by atoms with E-state index >= 15 is 0 Å². The molecule has 3 aromatic rings. The summed E-state index contributed by atoms with van der Waals surface area (Å²) in [7, 11) is 2.96. The number of rotatable bonds is 5. The van der Waals surface area contributed by atoms with E-state index in [4.69, 9.17) is 11.6 Å². The number of phenols is 1. The molecule has 0 aliphatic rings. The maximum atomic E-state index is 12.7. The van der Waals surface area contributed by atoms with E-state index in [1.807, 2.05) is 0 Å². The predicted octanol–water partition coefficient (Wildman–Crippen LogP) is 2.12. The zero-order chi connectivity index (χ0) is 21.3. The minimum Gasteiger partial charge on any atom is -0.507 e. The van der Waals surface area contributed by atoms with Crippen LogP contribution < -0.4 is 16.7 Å². The van der Waals surface area contributed by atoms with Gasteiger partial charge in [-0.1, -0.05) is 29.8 Å². The smallest absolute Gasteiger partial charge is 0.332 e. The zero-order valence-electron chi connectivity index (χ0n) is 16.5. The van der Waals surface area contributed by atoms with Gasteiger partial charge in [-0.25, -0.2) is 10.2 Å². The highest BCUT2D eigenvalue weighted by atomic mass is 35.5. The van der Waals surface area contributed by atoms with E-state index in [0.717, 1.165) is 4.57 Å². The Bertz CT molecular complexity index is 1260. The quantitative estimate of drug-likeness (QED) is 0.489. The van der Waals surface area contributed by atoms with E-state index in [2.05, 4.69) is 15.5 Å². The van der Waals surface area contributed by atoms with Gasteiger partial charge in [0, 0.05) is 31.2 Å². The first-order valence-corrected chi connectivity index (χ1v) is 9.17. The number of nitrogens with zero attached hydrogens (tertiary/aromatic N) is 5. The maximum Gasteiger partial charge on any atom is 0.332 e. The molecule has 0 unspecified atom stereocenters. The number of para-hydroxylation sites is 1. The van der Waals surface area contributed by atoms with Crippen LogP contribution in [-0.4, -0.2) is 29.5 Å². The lowest BCUT2D eigenvalue weighted by molar-refractivity contribution is 0.474. The molecule has 0 radical (unpaired) electrons. The van der Waals surface area contributed by atoms with Crippen LogP contribution in [0.1, 0.15) is 19.4 Å². The lowest BCUT2D eigenvalue weighted by atomic mass is 10.1. The lowest BCUT2D eigenvalue weighted by Crippen LogP contribution is -2.37. The van der Waals surface area contributed by atoms with E-state index < -0.39 is 11.2 Å². The predicted molar refractivity (Wildman–Crippen MR) is 114 cm³/mol. The first kappa shape index (κ1) is 20.4. The molecule has 9 nitrogen and oxygen atoms in total. The van der Waals surface area contributed by atoms with Gasteiger partial charge in [0.1, 0.15) is 5.75 Å². The van der Waals surface area contributed by atoms with Crippen LogP contribution in [0.4, 0.5) is 5.95 Å². The molecule has 152 valence electrons. The van der Waals surface area contributed by atoms with E-state index in [0.29, 0.717) is 16.3 Å². The molecule has 2 heterocycles. The number of hydrogen-bond acceptors (Lipinski definition) is 6. The fourth-order valence-corrected chi connectivity index (χ4v) is 2.97. The summed E-state index contributed by atoms with van der Waals surface area (Å²) >= 11 is 5.96. The van der Waals surface area contributed by atoms with E-state index in [1.54, 1.807) is 55.8 Å². The van der Waals surface area contributed by atoms with Crippen LogP contribution in [0.3, 0.4) is 0 Å². The number of aromatic hydroxyl groups is 1. The fraction of sp³-hybridized carbons (Fsp3) is 0.263. The number of anilines is 1. The Labute approximate surface area is 171 Å². The summed E-state index contributed by atoms with van der Waals surface area (Å²) in [6.45, 7) is 3.71. The van der Waals surface area contributed by atoms with Gasteiger partial charge < -0.3 is 5.11 Å². The zero-order valence-corrected chi connectivity index (χ0v) is 17.2. The average molecular weight is 417 g/mol. The van der Waals surface area contributed by atoms with E-state index in [9.17, 15) is 14.7 Å². The van der Waals surface area contributed by atoms with Gasteiger partial charge >= 0.3 is 5.69 Å². The minimum atomic E-state index is -0.475. The first-order valence-electron chi connectivity index (χ1n) is 8.79. The Kier molecular flexibility index (Phi) is 5.60. The van der Waals surface area contributed by atoms with Crippen molar-refractivity contribution < 1.29 is 5.11 Å². The molecule has 10 heteroatoms. The van der Waals surface area contributed by atoms with Crippen molar-refractivity contribution >= 4 is 34.4 Å².